The Morgan fingerprint density at radius 2 is 1.34 bits per heavy atom. The largest absolute Gasteiger partial charge is 0.497 e. The Morgan fingerprint density at radius 3 is 1.93 bits per heavy atom. The molecule has 0 saturated heterocycles. The summed E-state index contributed by atoms with van der Waals surface area (Å²) >= 11 is 0. The third-order valence-corrected chi connectivity index (χ3v) is 4.22. The predicted molar refractivity (Wildman–Crippen MR) is 111 cm³/mol. The second-order valence-corrected chi connectivity index (χ2v) is 6.10. The highest BCUT2D eigenvalue weighted by Crippen LogP contribution is 2.22. The van der Waals surface area contributed by atoms with Crippen molar-refractivity contribution >= 4 is 23.6 Å². The van der Waals surface area contributed by atoms with E-state index in [1.165, 1.54) is 7.11 Å². The molecule has 0 aromatic heterocycles. The lowest BCUT2D eigenvalue weighted by molar-refractivity contribution is -0.133. The van der Waals surface area contributed by atoms with E-state index in [1.54, 1.807) is 61.7 Å². The highest BCUT2D eigenvalue weighted by Gasteiger charge is 2.13. The van der Waals surface area contributed by atoms with Gasteiger partial charge in [-0.15, -0.1) is 0 Å². The molecule has 0 amide bonds. The molecule has 0 fully saturated rings. The summed E-state index contributed by atoms with van der Waals surface area (Å²) < 4.78 is 15.4. The van der Waals surface area contributed by atoms with Gasteiger partial charge in [0.15, 0.2) is 0 Å². The summed E-state index contributed by atoms with van der Waals surface area (Å²) in [6.45, 7) is 0. The summed E-state index contributed by atoms with van der Waals surface area (Å²) in [6.07, 6.45) is 1.73. The van der Waals surface area contributed by atoms with Gasteiger partial charge in [0.05, 0.1) is 25.4 Å². The van der Waals surface area contributed by atoms with Crippen LogP contribution in [0.25, 0.3) is 11.6 Å². The van der Waals surface area contributed by atoms with Crippen LogP contribution in [0.1, 0.15) is 21.5 Å². The second kappa shape index (κ2) is 9.37. The van der Waals surface area contributed by atoms with Crippen LogP contribution in [0.4, 0.5) is 0 Å². The minimum atomic E-state index is -0.463. The molecule has 0 heterocycles. The summed E-state index contributed by atoms with van der Waals surface area (Å²) in [6, 6.07) is 22.8. The number of hydrogen-bond donors (Lipinski definition) is 0. The molecule has 29 heavy (non-hydrogen) atoms. The molecule has 0 bridgehead atoms. The van der Waals surface area contributed by atoms with Crippen molar-refractivity contribution in [2.75, 3.05) is 14.2 Å². The highest BCUT2D eigenvalue weighted by molar-refractivity contribution is 6.21. The molecule has 0 saturated carbocycles. The molecular formula is C24H20O5. The van der Waals surface area contributed by atoms with Crippen LogP contribution in [-0.4, -0.2) is 26.2 Å². The SMILES string of the molecule is COC(=O)/C(=C/c1ccc(OC(=O)c2ccc(OC)cc2)cc1)c1ccccc1. The van der Waals surface area contributed by atoms with Crippen LogP contribution < -0.4 is 9.47 Å². The molecule has 5 heteroatoms. The molecule has 0 radical (unpaired) electrons. The Kier molecular flexibility index (Phi) is 6.43. The fraction of sp³-hybridized carbons (Fsp3) is 0.0833. The first-order chi connectivity index (χ1) is 14.1. The number of benzene rings is 3. The third kappa shape index (κ3) is 5.11. The summed E-state index contributed by atoms with van der Waals surface area (Å²) in [5, 5.41) is 0. The number of methoxy groups -OCH3 is 2. The van der Waals surface area contributed by atoms with E-state index in [2.05, 4.69) is 0 Å². The van der Waals surface area contributed by atoms with E-state index >= 15 is 0 Å². The number of ether oxygens (including phenoxy) is 3. The number of esters is 2. The van der Waals surface area contributed by atoms with E-state index in [9.17, 15) is 9.59 Å². The predicted octanol–water partition coefficient (Wildman–Crippen LogP) is 4.63. The van der Waals surface area contributed by atoms with E-state index in [1.807, 2.05) is 30.3 Å². The van der Waals surface area contributed by atoms with Gasteiger partial charge in [-0.05, 0) is 53.6 Å². The van der Waals surface area contributed by atoms with Crippen LogP contribution >= 0.6 is 0 Å². The standard InChI is InChI=1S/C24H20O5/c1-27-20-14-10-19(11-15-20)23(25)29-21-12-8-17(9-13-21)16-22(24(26)28-2)18-6-4-3-5-7-18/h3-16H,1-2H3/b22-16+. The lowest BCUT2D eigenvalue weighted by atomic mass is 10.0. The lowest BCUT2D eigenvalue weighted by Gasteiger charge is -2.07. The molecule has 5 nitrogen and oxygen atoms in total. The quantitative estimate of drug-likeness (QED) is 0.267. The molecule has 3 aromatic carbocycles. The van der Waals surface area contributed by atoms with Crippen LogP contribution in [0.5, 0.6) is 11.5 Å². The average Bonchev–Trinajstić information content (AvgIpc) is 2.78. The van der Waals surface area contributed by atoms with Gasteiger partial charge in [-0.1, -0.05) is 42.5 Å². The van der Waals surface area contributed by atoms with Gasteiger partial charge in [-0.3, -0.25) is 0 Å². The molecule has 3 aromatic rings. The third-order valence-electron chi connectivity index (χ3n) is 4.22. The van der Waals surface area contributed by atoms with Crippen LogP contribution in [0.3, 0.4) is 0 Å². The molecule has 146 valence electrons. The van der Waals surface area contributed by atoms with E-state index in [0.29, 0.717) is 22.6 Å². The Labute approximate surface area is 169 Å². The zero-order valence-corrected chi connectivity index (χ0v) is 16.1. The zero-order chi connectivity index (χ0) is 20.6. The van der Waals surface area contributed by atoms with Crippen molar-refractivity contribution in [2.24, 2.45) is 0 Å². The molecule has 0 aliphatic rings. The van der Waals surface area contributed by atoms with Gasteiger partial charge in [-0.25, -0.2) is 9.59 Å². The van der Waals surface area contributed by atoms with Gasteiger partial charge in [0.2, 0.25) is 0 Å². The van der Waals surface area contributed by atoms with E-state index in [0.717, 1.165) is 11.1 Å². The smallest absolute Gasteiger partial charge is 0.343 e. The first kappa shape index (κ1) is 19.9. The Bertz CT molecular complexity index is 1000. The van der Waals surface area contributed by atoms with Crippen molar-refractivity contribution in [3.63, 3.8) is 0 Å². The molecule has 0 N–H and O–H groups in total. The van der Waals surface area contributed by atoms with Crippen LogP contribution in [-0.2, 0) is 9.53 Å². The van der Waals surface area contributed by atoms with Crippen molar-refractivity contribution in [3.05, 3.63) is 95.6 Å². The fourth-order valence-corrected chi connectivity index (χ4v) is 2.68. The van der Waals surface area contributed by atoms with Gasteiger partial charge in [0.25, 0.3) is 0 Å². The maximum absolute atomic E-state index is 12.3. The van der Waals surface area contributed by atoms with Gasteiger partial charge in [0, 0.05) is 0 Å². The molecule has 3 rings (SSSR count). The van der Waals surface area contributed by atoms with Crippen molar-refractivity contribution < 1.29 is 23.8 Å². The monoisotopic (exact) mass is 388 g/mol. The minimum absolute atomic E-state index is 0.405. The Balaban J connectivity index is 1.77. The molecular weight excluding hydrogens is 368 g/mol. The van der Waals surface area contributed by atoms with Crippen molar-refractivity contribution in [1.29, 1.82) is 0 Å². The number of rotatable bonds is 6. The van der Waals surface area contributed by atoms with Crippen LogP contribution in [0.15, 0.2) is 78.9 Å². The Hall–Kier alpha value is -3.86. The second-order valence-electron chi connectivity index (χ2n) is 6.10. The van der Waals surface area contributed by atoms with Crippen molar-refractivity contribution in [1.82, 2.24) is 0 Å². The van der Waals surface area contributed by atoms with E-state index < -0.39 is 11.9 Å². The molecule has 0 aliphatic heterocycles. The number of carbonyl (C=O) groups excluding carboxylic acids is 2. The van der Waals surface area contributed by atoms with Crippen molar-refractivity contribution in [3.8, 4) is 11.5 Å². The first-order valence-corrected chi connectivity index (χ1v) is 8.92. The fourth-order valence-electron chi connectivity index (χ4n) is 2.68. The molecule has 0 aliphatic carbocycles. The normalized spacial score (nSPS) is 10.9. The molecule has 0 unspecified atom stereocenters. The maximum Gasteiger partial charge on any atom is 0.343 e. The molecule has 0 spiro atoms. The maximum atomic E-state index is 12.3. The zero-order valence-electron chi connectivity index (χ0n) is 16.1. The number of hydrogen-bond acceptors (Lipinski definition) is 5. The van der Waals surface area contributed by atoms with Crippen molar-refractivity contribution in [2.45, 2.75) is 0 Å². The van der Waals surface area contributed by atoms with E-state index in [4.69, 9.17) is 14.2 Å². The summed E-state index contributed by atoms with van der Waals surface area (Å²) in [5.74, 6) is 0.182. The number of carbonyl (C=O) groups is 2. The minimum Gasteiger partial charge on any atom is -0.497 e. The summed E-state index contributed by atoms with van der Waals surface area (Å²) in [4.78, 5) is 24.4. The summed E-state index contributed by atoms with van der Waals surface area (Å²) in [5.41, 5.74) is 2.40. The lowest BCUT2D eigenvalue weighted by Crippen LogP contribution is -2.08. The van der Waals surface area contributed by atoms with Crippen LogP contribution in [0, 0.1) is 0 Å². The van der Waals surface area contributed by atoms with E-state index in [-0.39, 0.29) is 0 Å². The molecule has 0 atom stereocenters. The van der Waals surface area contributed by atoms with Gasteiger partial charge >= 0.3 is 11.9 Å². The van der Waals surface area contributed by atoms with Gasteiger partial charge < -0.3 is 14.2 Å². The average molecular weight is 388 g/mol. The highest BCUT2D eigenvalue weighted by atomic mass is 16.5. The van der Waals surface area contributed by atoms with Crippen LogP contribution in [0.2, 0.25) is 0 Å². The summed E-state index contributed by atoms with van der Waals surface area (Å²) in [7, 11) is 2.91. The van der Waals surface area contributed by atoms with Gasteiger partial charge in [-0.2, -0.15) is 0 Å². The first-order valence-electron chi connectivity index (χ1n) is 8.92. The van der Waals surface area contributed by atoms with Gasteiger partial charge in [0.1, 0.15) is 11.5 Å². The Morgan fingerprint density at radius 1 is 0.724 bits per heavy atom. The topological polar surface area (TPSA) is 61.8 Å².